The Morgan fingerprint density at radius 1 is 1.40 bits per heavy atom. The number of anilines is 1. The second-order valence-electron chi connectivity index (χ2n) is 5.64. The molecule has 2 aromatic rings. The second-order valence-corrected chi connectivity index (χ2v) is 6.01. The smallest absolute Gasteiger partial charge is 0.292 e. The highest BCUT2D eigenvalue weighted by Crippen LogP contribution is 2.26. The fourth-order valence-electron chi connectivity index (χ4n) is 2.76. The molecule has 0 radical (unpaired) electrons. The molecule has 1 aromatic carbocycles. The van der Waals surface area contributed by atoms with Crippen molar-refractivity contribution in [3.8, 4) is 5.69 Å². The summed E-state index contributed by atoms with van der Waals surface area (Å²) >= 11 is 6.20. The highest BCUT2D eigenvalue weighted by molar-refractivity contribution is 6.33. The molecule has 1 fully saturated rings. The monoisotopic (exact) mass is 367 g/mol. The quantitative estimate of drug-likeness (QED) is 0.762. The Hall–Kier alpha value is -2.25. The van der Waals surface area contributed by atoms with Gasteiger partial charge < -0.3 is 9.64 Å². The van der Waals surface area contributed by atoms with Gasteiger partial charge in [-0.25, -0.2) is 8.78 Å². The van der Waals surface area contributed by atoms with Crippen LogP contribution in [0.5, 0.6) is 0 Å². The maximum absolute atomic E-state index is 13.9. The van der Waals surface area contributed by atoms with Crippen molar-refractivity contribution in [2.24, 2.45) is 0 Å². The van der Waals surface area contributed by atoms with Crippen molar-refractivity contribution in [1.29, 1.82) is 0 Å². The molecule has 2 heterocycles. The van der Waals surface area contributed by atoms with Crippen molar-refractivity contribution in [2.45, 2.75) is 12.5 Å². The molecule has 0 saturated carbocycles. The summed E-state index contributed by atoms with van der Waals surface area (Å²) in [7, 11) is 0. The Bertz CT molecular complexity index is 856. The Morgan fingerprint density at radius 2 is 2.20 bits per heavy atom. The molecule has 3 rings (SSSR count). The maximum Gasteiger partial charge on any atom is 0.292 e. The summed E-state index contributed by atoms with van der Waals surface area (Å²) in [4.78, 5) is 14.4. The van der Waals surface area contributed by atoms with Crippen molar-refractivity contribution in [3.63, 3.8) is 0 Å². The van der Waals surface area contributed by atoms with E-state index in [9.17, 15) is 13.6 Å². The first-order valence-corrected chi connectivity index (χ1v) is 8.09. The lowest BCUT2D eigenvalue weighted by atomic mass is 10.3. The molecule has 132 valence electrons. The predicted octanol–water partition coefficient (Wildman–Crippen LogP) is 2.95. The van der Waals surface area contributed by atoms with E-state index in [-0.39, 0.29) is 16.8 Å². The van der Waals surface area contributed by atoms with Crippen LogP contribution in [0.15, 0.2) is 41.8 Å². The lowest BCUT2D eigenvalue weighted by Crippen LogP contribution is -2.28. The molecule has 1 aliphatic rings. The fourth-order valence-corrected chi connectivity index (χ4v) is 3.00. The van der Waals surface area contributed by atoms with Gasteiger partial charge >= 0.3 is 0 Å². The molecule has 8 heteroatoms. The summed E-state index contributed by atoms with van der Waals surface area (Å²) in [6.45, 7) is 5.30. The molecule has 0 N–H and O–H groups in total. The number of aromatic nitrogens is 2. The summed E-state index contributed by atoms with van der Waals surface area (Å²) in [5.74, 6) is -1.63. The predicted molar refractivity (Wildman–Crippen MR) is 91.5 cm³/mol. The minimum absolute atomic E-state index is 0.0195. The minimum Gasteiger partial charge on any atom is -0.372 e. The van der Waals surface area contributed by atoms with Gasteiger partial charge in [0.05, 0.1) is 24.6 Å². The number of ether oxygens (including phenoxy) is 1. The summed E-state index contributed by atoms with van der Waals surface area (Å²) in [6.07, 6.45) is 3.89. The summed E-state index contributed by atoms with van der Waals surface area (Å²) in [5, 5.41) is 3.92. The first-order chi connectivity index (χ1) is 12.0. The zero-order valence-corrected chi connectivity index (χ0v) is 14.0. The molecule has 25 heavy (non-hydrogen) atoms. The van der Waals surface area contributed by atoms with Crippen LogP contribution in [0.4, 0.5) is 14.5 Å². The molecule has 5 nitrogen and oxygen atoms in total. The fraction of sp³-hybridized carbons (Fsp3) is 0.294. The Morgan fingerprint density at radius 3 is 2.92 bits per heavy atom. The number of halogens is 3. The lowest BCUT2D eigenvalue weighted by Gasteiger charge is -2.20. The average Bonchev–Trinajstić information content (AvgIpc) is 3.05. The van der Waals surface area contributed by atoms with Gasteiger partial charge in [0.1, 0.15) is 16.5 Å². The van der Waals surface area contributed by atoms with Crippen LogP contribution in [0.2, 0.25) is 5.02 Å². The first-order valence-electron chi connectivity index (χ1n) is 7.72. The molecule has 0 spiro atoms. The molecule has 0 aliphatic carbocycles. The minimum atomic E-state index is -0.891. The zero-order valence-electron chi connectivity index (χ0n) is 13.3. The molecule has 1 atom stereocenters. The van der Waals surface area contributed by atoms with Gasteiger partial charge in [-0.2, -0.15) is 9.78 Å². The third-order valence-electron chi connectivity index (χ3n) is 3.97. The van der Waals surface area contributed by atoms with Crippen LogP contribution in [0.25, 0.3) is 5.69 Å². The number of nitrogens with zero attached hydrogens (tertiary/aromatic N) is 3. The first kappa shape index (κ1) is 17.6. The molecule has 1 unspecified atom stereocenters. The average molecular weight is 368 g/mol. The number of hydrogen-bond donors (Lipinski definition) is 0. The van der Waals surface area contributed by atoms with Gasteiger partial charge in [-0.15, -0.1) is 6.58 Å². The lowest BCUT2D eigenvalue weighted by molar-refractivity contribution is 0.0909. The van der Waals surface area contributed by atoms with Gasteiger partial charge in [0, 0.05) is 19.2 Å². The van der Waals surface area contributed by atoms with E-state index in [0.717, 1.165) is 23.2 Å². The highest BCUT2D eigenvalue weighted by atomic mass is 35.5. The van der Waals surface area contributed by atoms with Gasteiger partial charge in [0.15, 0.2) is 5.82 Å². The van der Waals surface area contributed by atoms with Gasteiger partial charge in [-0.05, 0) is 18.6 Å². The number of hydrogen-bond acceptors (Lipinski definition) is 4. The molecule has 1 saturated heterocycles. The third-order valence-corrected chi connectivity index (χ3v) is 4.33. The SMILES string of the molecule is C=CCOC1CCN(c2cnn(-c3ccc(F)cc3F)c(=O)c2Cl)C1. The van der Waals surface area contributed by atoms with Gasteiger partial charge in [-0.3, -0.25) is 4.79 Å². The van der Waals surface area contributed by atoms with E-state index in [0.29, 0.717) is 31.5 Å². The maximum atomic E-state index is 13.9. The number of rotatable bonds is 5. The highest BCUT2D eigenvalue weighted by Gasteiger charge is 2.26. The zero-order chi connectivity index (χ0) is 18.0. The van der Waals surface area contributed by atoms with Crippen LogP contribution in [0.3, 0.4) is 0 Å². The molecule has 1 aliphatic heterocycles. The van der Waals surface area contributed by atoms with Crippen molar-refractivity contribution < 1.29 is 13.5 Å². The van der Waals surface area contributed by atoms with Gasteiger partial charge in [0.2, 0.25) is 0 Å². The summed E-state index contributed by atoms with van der Waals surface area (Å²) in [5.41, 5.74) is -0.358. The van der Waals surface area contributed by atoms with E-state index in [4.69, 9.17) is 16.3 Å². The normalized spacial score (nSPS) is 17.1. The number of benzene rings is 1. The van der Waals surface area contributed by atoms with Crippen LogP contribution in [0.1, 0.15) is 6.42 Å². The largest absolute Gasteiger partial charge is 0.372 e. The van der Waals surface area contributed by atoms with Crippen molar-refractivity contribution in [1.82, 2.24) is 9.78 Å². The van der Waals surface area contributed by atoms with Crippen LogP contribution < -0.4 is 10.5 Å². The van der Waals surface area contributed by atoms with Crippen LogP contribution in [0, 0.1) is 11.6 Å². The molecule has 0 bridgehead atoms. The van der Waals surface area contributed by atoms with E-state index in [1.807, 2.05) is 4.90 Å². The Labute approximate surface area is 148 Å². The van der Waals surface area contributed by atoms with E-state index in [1.54, 1.807) is 6.08 Å². The van der Waals surface area contributed by atoms with Gasteiger partial charge in [-0.1, -0.05) is 17.7 Å². The van der Waals surface area contributed by atoms with Crippen LogP contribution in [-0.2, 0) is 4.74 Å². The molecule has 0 amide bonds. The second kappa shape index (κ2) is 7.33. The van der Waals surface area contributed by atoms with Crippen LogP contribution in [-0.4, -0.2) is 35.6 Å². The van der Waals surface area contributed by atoms with E-state index in [1.165, 1.54) is 6.20 Å². The van der Waals surface area contributed by atoms with Crippen molar-refractivity contribution in [2.75, 3.05) is 24.6 Å². The molecular formula is C17H16ClF2N3O2. The third kappa shape index (κ3) is 3.57. The summed E-state index contributed by atoms with van der Waals surface area (Å²) in [6, 6.07) is 2.88. The van der Waals surface area contributed by atoms with Crippen molar-refractivity contribution >= 4 is 17.3 Å². The van der Waals surface area contributed by atoms with Crippen LogP contribution >= 0.6 is 11.6 Å². The molecular weight excluding hydrogens is 352 g/mol. The van der Waals surface area contributed by atoms with Crippen molar-refractivity contribution in [3.05, 3.63) is 64.1 Å². The Kier molecular flexibility index (Phi) is 5.15. The topological polar surface area (TPSA) is 47.4 Å². The Balaban J connectivity index is 1.89. The summed E-state index contributed by atoms with van der Waals surface area (Å²) < 4.78 is 33.4. The van der Waals surface area contributed by atoms with E-state index >= 15 is 0 Å². The van der Waals surface area contributed by atoms with E-state index in [2.05, 4.69) is 11.7 Å². The van der Waals surface area contributed by atoms with E-state index < -0.39 is 17.2 Å². The van der Waals surface area contributed by atoms with Gasteiger partial charge in [0.25, 0.3) is 5.56 Å². The molecule has 1 aromatic heterocycles. The standard InChI is InChI=1S/C17H16ClF2N3O2/c1-2-7-25-12-5-6-22(10-12)15-9-21-23(17(24)16(15)18)14-4-3-11(19)8-13(14)20/h2-4,8-9,12H,1,5-7,10H2.